The molecule has 0 bridgehead atoms. The Hall–Kier alpha value is -2.62. The molecule has 0 saturated heterocycles. The van der Waals surface area contributed by atoms with Gasteiger partial charge in [-0.1, -0.05) is 36.4 Å². The van der Waals surface area contributed by atoms with Crippen molar-refractivity contribution in [2.45, 2.75) is 6.42 Å². The van der Waals surface area contributed by atoms with Crippen molar-refractivity contribution in [3.8, 4) is 0 Å². The van der Waals surface area contributed by atoms with Crippen LogP contribution in [0.3, 0.4) is 0 Å². The number of anilines is 2. The number of para-hydroxylation sites is 2. The highest BCUT2D eigenvalue weighted by atomic mass is 16.2. The lowest BCUT2D eigenvalue weighted by Crippen LogP contribution is -2.34. The molecule has 2 aromatic rings. The summed E-state index contributed by atoms with van der Waals surface area (Å²) in [5.74, 6) is -0.456. The zero-order valence-electron chi connectivity index (χ0n) is 12.2. The number of nitrogens with zero attached hydrogens (tertiary/aromatic N) is 2. The third-order valence-corrected chi connectivity index (χ3v) is 3.34. The Morgan fingerprint density at radius 1 is 0.714 bits per heavy atom. The first kappa shape index (κ1) is 14.8. The van der Waals surface area contributed by atoms with Gasteiger partial charge in [0, 0.05) is 25.5 Å². The van der Waals surface area contributed by atoms with E-state index in [-0.39, 0.29) is 18.2 Å². The Balaban J connectivity index is 2.01. The SMILES string of the molecule is CN(C(=O)CC(=O)N(C)c1ccccc1)c1ccccc1. The predicted molar refractivity (Wildman–Crippen MR) is 84.3 cm³/mol. The van der Waals surface area contributed by atoms with E-state index in [1.165, 1.54) is 9.80 Å². The predicted octanol–water partition coefficient (Wildman–Crippen LogP) is 2.70. The van der Waals surface area contributed by atoms with E-state index in [9.17, 15) is 9.59 Å². The van der Waals surface area contributed by atoms with Gasteiger partial charge in [0.1, 0.15) is 6.42 Å². The average molecular weight is 282 g/mol. The summed E-state index contributed by atoms with van der Waals surface area (Å²) in [6, 6.07) is 18.5. The summed E-state index contributed by atoms with van der Waals surface area (Å²) in [6.07, 6.45) is -0.156. The van der Waals surface area contributed by atoms with Crippen LogP contribution < -0.4 is 9.80 Å². The zero-order valence-corrected chi connectivity index (χ0v) is 12.2. The summed E-state index contributed by atoms with van der Waals surface area (Å²) in [5.41, 5.74) is 1.55. The van der Waals surface area contributed by atoms with Crippen molar-refractivity contribution in [1.82, 2.24) is 0 Å². The fourth-order valence-corrected chi connectivity index (χ4v) is 1.96. The molecular weight excluding hydrogens is 264 g/mol. The van der Waals surface area contributed by atoms with Gasteiger partial charge in [0.25, 0.3) is 0 Å². The van der Waals surface area contributed by atoms with E-state index >= 15 is 0 Å². The Labute approximate surface area is 124 Å². The van der Waals surface area contributed by atoms with Crippen molar-refractivity contribution in [2.75, 3.05) is 23.9 Å². The first-order chi connectivity index (χ1) is 10.1. The summed E-state index contributed by atoms with van der Waals surface area (Å²) in [6.45, 7) is 0. The number of rotatable bonds is 4. The Morgan fingerprint density at radius 2 is 1.05 bits per heavy atom. The van der Waals surface area contributed by atoms with Gasteiger partial charge in [0.2, 0.25) is 11.8 Å². The molecule has 0 radical (unpaired) electrons. The molecule has 0 N–H and O–H groups in total. The minimum Gasteiger partial charge on any atom is -0.315 e. The molecule has 0 atom stereocenters. The van der Waals surface area contributed by atoms with Gasteiger partial charge in [-0.25, -0.2) is 0 Å². The van der Waals surface area contributed by atoms with Crippen LogP contribution in [0, 0.1) is 0 Å². The van der Waals surface area contributed by atoms with E-state index in [0.717, 1.165) is 11.4 Å². The van der Waals surface area contributed by atoms with Crippen molar-refractivity contribution in [2.24, 2.45) is 0 Å². The summed E-state index contributed by atoms with van der Waals surface area (Å²) in [5, 5.41) is 0. The second-order valence-electron chi connectivity index (χ2n) is 4.75. The van der Waals surface area contributed by atoms with E-state index in [1.807, 2.05) is 60.7 Å². The maximum atomic E-state index is 12.2. The molecule has 2 aromatic carbocycles. The lowest BCUT2D eigenvalue weighted by atomic mass is 10.2. The second-order valence-corrected chi connectivity index (χ2v) is 4.75. The van der Waals surface area contributed by atoms with Crippen LogP contribution in [0.25, 0.3) is 0 Å². The molecule has 4 heteroatoms. The van der Waals surface area contributed by atoms with Gasteiger partial charge in [-0.05, 0) is 24.3 Å². The van der Waals surface area contributed by atoms with Crippen molar-refractivity contribution in [1.29, 1.82) is 0 Å². The summed E-state index contributed by atoms with van der Waals surface area (Å²) in [4.78, 5) is 27.3. The van der Waals surface area contributed by atoms with E-state index in [0.29, 0.717) is 0 Å². The molecule has 108 valence electrons. The third-order valence-electron chi connectivity index (χ3n) is 3.34. The number of carbonyl (C=O) groups is 2. The highest BCUT2D eigenvalue weighted by Gasteiger charge is 2.18. The molecule has 2 rings (SSSR count). The van der Waals surface area contributed by atoms with Crippen molar-refractivity contribution in [3.63, 3.8) is 0 Å². The van der Waals surface area contributed by atoms with Gasteiger partial charge in [0.05, 0.1) is 0 Å². The molecule has 0 fully saturated rings. The fourth-order valence-electron chi connectivity index (χ4n) is 1.96. The van der Waals surface area contributed by atoms with Crippen LogP contribution in [0.2, 0.25) is 0 Å². The smallest absolute Gasteiger partial charge is 0.236 e. The second kappa shape index (κ2) is 6.70. The molecule has 0 heterocycles. The van der Waals surface area contributed by atoms with Crippen LogP contribution in [0.5, 0.6) is 0 Å². The highest BCUT2D eigenvalue weighted by molar-refractivity contribution is 6.09. The molecule has 2 amide bonds. The minimum atomic E-state index is -0.228. The average Bonchev–Trinajstić information content (AvgIpc) is 2.55. The fraction of sp³-hybridized carbons (Fsp3) is 0.176. The lowest BCUT2D eigenvalue weighted by Gasteiger charge is -2.20. The molecule has 0 saturated carbocycles. The maximum absolute atomic E-state index is 12.2. The standard InChI is InChI=1S/C17H18N2O2/c1-18(14-9-5-3-6-10-14)16(20)13-17(21)19(2)15-11-7-4-8-12-15/h3-12H,13H2,1-2H3. The highest BCUT2D eigenvalue weighted by Crippen LogP contribution is 2.15. The van der Waals surface area contributed by atoms with Gasteiger partial charge in [-0.2, -0.15) is 0 Å². The van der Waals surface area contributed by atoms with Crippen LogP contribution in [0.4, 0.5) is 11.4 Å². The third kappa shape index (κ3) is 3.69. The van der Waals surface area contributed by atoms with Crippen LogP contribution in [-0.4, -0.2) is 25.9 Å². The number of carbonyl (C=O) groups excluding carboxylic acids is 2. The quantitative estimate of drug-likeness (QED) is 0.809. The van der Waals surface area contributed by atoms with E-state index in [4.69, 9.17) is 0 Å². The Kier molecular flexibility index (Phi) is 4.72. The van der Waals surface area contributed by atoms with Crippen LogP contribution in [0.1, 0.15) is 6.42 Å². The number of hydrogen-bond donors (Lipinski definition) is 0. The molecule has 0 unspecified atom stereocenters. The molecule has 21 heavy (non-hydrogen) atoms. The number of amides is 2. The zero-order chi connectivity index (χ0) is 15.2. The van der Waals surface area contributed by atoms with Gasteiger partial charge in [-0.3, -0.25) is 9.59 Å². The van der Waals surface area contributed by atoms with Gasteiger partial charge >= 0.3 is 0 Å². The van der Waals surface area contributed by atoms with Crippen LogP contribution >= 0.6 is 0 Å². The van der Waals surface area contributed by atoms with E-state index < -0.39 is 0 Å². The molecular formula is C17H18N2O2. The summed E-state index contributed by atoms with van der Waals surface area (Å²) >= 11 is 0. The number of hydrogen-bond acceptors (Lipinski definition) is 2. The monoisotopic (exact) mass is 282 g/mol. The minimum absolute atomic E-state index is 0.156. The first-order valence-electron chi connectivity index (χ1n) is 6.73. The Bertz CT molecular complexity index is 556. The first-order valence-corrected chi connectivity index (χ1v) is 6.73. The maximum Gasteiger partial charge on any atom is 0.236 e. The molecule has 0 aliphatic carbocycles. The van der Waals surface area contributed by atoms with Gasteiger partial charge < -0.3 is 9.80 Å². The molecule has 4 nitrogen and oxygen atoms in total. The van der Waals surface area contributed by atoms with Gasteiger partial charge in [0.15, 0.2) is 0 Å². The molecule has 0 aliphatic rings. The molecule has 0 aromatic heterocycles. The van der Waals surface area contributed by atoms with Gasteiger partial charge in [-0.15, -0.1) is 0 Å². The summed E-state index contributed by atoms with van der Waals surface area (Å²) in [7, 11) is 3.35. The van der Waals surface area contributed by atoms with Crippen molar-refractivity contribution >= 4 is 23.2 Å². The van der Waals surface area contributed by atoms with E-state index in [2.05, 4.69) is 0 Å². The molecule has 0 aliphatic heterocycles. The van der Waals surface area contributed by atoms with Crippen LogP contribution in [-0.2, 0) is 9.59 Å². The summed E-state index contributed by atoms with van der Waals surface area (Å²) < 4.78 is 0. The normalized spacial score (nSPS) is 10.0. The largest absolute Gasteiger partial charge is 0.315 e. The van der Waals surface area contributed by atoms with Crippen molar-refractivity contribution < 1.29 is 9.59 Å². The van der Waals surface area contributed by atoms with Crippen molar-refractivity contribution in [3.05, 3.63) is 60.7 Å². The molecule has 0 spiro atoms. The van der Waals surface area contributed by atoms with Crippen LogP contribution in [0.15, 0.2) is 60.7 Å². The number of benzene rings is 2. The topological polar surface area (TPSA) is 40.6 Å². The lowest BCUT2D eigenvalue weighted by molar-refractivity contribution is -0.126. The van der Waals surface area contributed by atoms with E-state index in [1.54, 1.807) is 14.1 Å². The Morgan fingerprint density at radius 3 is 1.38 bits per heavy atom.